The summed E-state index contributed by atoms with van der Waals surface area (Å²) >= 11 is 0. The topological polar surface area (TPSA) is 9.23 Å². The summed E-state index contributed by atoms with van der Waals surface area (Å²) in [5, 5.41) is 0. The van der Waals surface area contributed by atoms with Gasteiger partial charge in [0, 0.05) is 0 Å². The summed E-state index contributed by atoms with van der Waals surface area (Å²) in [4.78, 5) is 0. The summed E-state index contributed by atoms with van der Waals surface area (Å²) in [5.74, 6) is 2.67. The van der Waals surface area contributed by atoms with E-state index in [-0.39, 0.29) is 0 Å². The lowest BCUT2D eigenvalue weighted by atomic mass is 9.86. The van der Waals surface area contributed by atoms with Gasteiger partial charge in [-0.15, -0.1) is 0 Å². The number of unbranched alkanes of at least 4 members (excludes halogenated alkanes) is 1. The number of benzene rings is 1. The molecule has 0 aliphatic heterocycles. The maximum atomic E-state index is 5.46. The van der Waals surface area contributed by atoms with Crippen molar-refractivity contribution in [1.82, 2.24) is 0 Å². The van der Waals surface area contributed by atoms with Crippen molar-refractivity contribution >= 4 is 0 Å². The van der Waals surface area contributed by atoms with Crippen molar-refractivity contribution < 1.29 is 4.74 Å². The lowest BCUT2D eigenvalue weighted by molar-refractivity contribution is 0.349. The Labute approximate surface area is 119 Å². The fourth-order valence-electron chi connectivity index (χ4n) is 2.82. The Bertz CT molecular complexity index is 345. The molecule has 1 aromatic carbocycles. The molecule has 0 aliphatic rings. The summed E-state index contributed by atoms with van der Waals surface area (Å²) in [6, 6.07) is 8.44. The van der Waals surface area contributed by atoms with Crippen molar-refractivity contribution in [1.29, 1.82) is 0 Å². The molecule has 0 saturated heterocycles. The Morgan fingerprint density at radius 3 is 2.53 bits per heavy atom. The van der Waals surface area contributed by atoms with Crippen molar-refractivity contribution in [2.24, 2.45) is 11.8 Å². The van der Waals surface area contributed by atoms with E-state index < -0.39 is 0 Å². The molecule has 1 heteroatoms. The van der Waals surface area contributed by atoms with Gasteiger partial charge in [0.1, 0.15) is 5.75 Å². The number of hydrogen-bond donors (Lipinski definition) is 0. The highest BCUT2D eigenvalue weighted by Crippen LogP contribution is 2.27. The smallest absolute Gasteiger partial charge is 0.122 e. The van der Waals surface area contributed by atoms with Crippen molar-refractivity contribution in [3.63, 3.8) is 0 Å². The van der Waals surface area contributed by atoms with Crippen LogP contribution in [0.1, 0.15) is 58.4 Å². The molecular weight excluding hydrogens is 232 g/mol. The van der Waals surface area contributed by atoms with Gasteiger partial charge in [0.25, 0.3) is 0 Å². The van der Waals surface area contributed by atoms with Gasteiger partial charge in [0.2, 0.25) is 0 Å². The van der Waals surface area contributed by atoms with Gasteiger partial charge >= 0.3 is 0 Å². The third-order valence-corrected chi connectivity index (χ3v) is 4.06. The van der Waals surface area contributed by atoms with Crippen LogP contribution in [-0.2, 0) is 6.42 Å². The molecule has 0 heterocycles. The third-order valence-electron chi connectivity index (χ3n) is 4.06. The monoisotopic (exact) mass is 262 g/mol. The molecule has 0 aromatic heterocycles. The molecular formula is C18H30O. The lowest BCUT2D eigenvalue weighted by Gasteiger charge is -2.20. The number of para-hydroxylation sites is 1. The predicted molar refractivity (Wildman–Crippen MR) is 83.8 cm³/mol. The van der Waals surface area contributed by atoms with Crippen LogP contribution in [0.15, 0.2) is 24.3 Å². The number of methoxy groups -OCH3 is 1. The Morgan fingerprint density at radius 1 is 1.16 bits per heavy atom. The van der Waals surface area contributed by atoms with Gasteiger partial charge in [0.05, 0.1) is 7.11 Å². The van der Waals surface area contributed by atoms with Gasteiger partial charge in [-0.3, -0.25) is 0 Å². The molecule has 108 valence electrons. The van der Waals surface area contributed by atoms with Crippen LogP contribution < -0.4 is 4.74 Å². The van der Waals surface area contributed by atoms with Crippen LogP contribution in [0.25, 0.3) is 0 Å². The van der Waals surface area contributed by atoms with Gasteiger partial charge < -0.3 is 4.74 Å². The summed E-state index contributed by atoms with van der Waals surface area (Å²) in [7, 11) is 1.77. The average Bonchev–Trinajstić information content (AvgIpc) is 2.44. The summed E-state index contributed by atoms with van der Waals surface area (Å²) in [6.07, 6.45) is 7.80. The maximum absolute atomic E-state index is 5.46. The Balaban J connectivity index is 2.56. The van der Waals surface area contributed by atoms with E-state index in [1.165, 1.54) is 37.7 Å². The minimum atomic E-state index is 0.781. The van der Waals surface area contributed by atoms with Gasteiger partial charge in [-0.25, -0.2) is 0 Å². The zero-order valence-corrected chi connectivity index (χ0v) is 13.1. The first-order valence-corrected chi connectivity index (χ1v) is 7.83. The summed E-state index contributed by atoms with van der Waals surface area (Å²) in [6.45, 7) is 6.99. The molecule has 0 bridgehead atoms. The zero-order valence-electron chi connectivity index (χ0n) is 13.1. The van der Waals surface area contributed by atoms with Gasteiger partial charge in [0.15, 0.2) is 0 Å². The largest absolute Gasteiger partial charge is 0.496 e. The Hall–Kier alpha value is -0.980. The van der Waals surface area contributed by atoms with E-state index in [2.05, 4.69) is 39.0 Å². The number of ether oxygens (including phenoxy) is 1. The molecule has 19 heavy (non-hydrogen) atoms. The first-order chi connectivity index (χ1) is 9.21. The normalized spacial score (nSPS) is 14.1. The van der Waals surface area contributed by atoms with Gasteiger partial charge in [-0.05, 0) is 36.3 Å². The highest BCUT2D eigenvalue weighted by molar-refractivity contribution is 5.33. The van der Waals surface area contributed by atoms with E-state index in [9.17, 15) is 0 Å². The van der Waals surface area contributed by atoms with E-state index in [0.717, 1.165) is 24.0 Å². The summed E-state index contributed by atoms with van der Waals surface area (Å²) < 4.78 is 5.46. The predicted octanol–water partition coefficient (Wildman–Crippen LogP) is 5.48. The standard InChI is InChI=1S/C18H30O/c1-5-7-10-15(3)13-16(6-2)14-17-11-8-9-12-18(17)19-4/h8-9,11-12,15-16H,5-7,10,13-14H2,1-4H3. The molecule has 1 rings (SSSR count). The highest BCUT2D eigenvalue weighted by atomic mass is 16.5. The minimum absolute atomic E-state index is 0.781. The van der Waals surface area contributed by atoms with Crippen LogP contribution in [0, 0.1) is 11.8 Å². The minimum Gasteiger partial charge on any atom is -0.496 e. The van der Waals surface area contributed by atoms with Crippen molar-refractivity contribution in [3.8, 4) is 5.75 Å². The fourth-order valence-corrected chi connectivity index (χ4v) is 2.82. The lowest BCUT2D eigenvalue weighted by Crippen LogP contribution is -2.09. The molecule has 2 atom stereocenters. The molecule has 1 nitrogen and oxygen atoms in total. The van der Waals surface area contributed by atoms with E-state index >= 15 is 0 Å². The molecule has 0 N–H and O–H groups in total. The van der Waals surface area contributed by atoms with E-state index in [0.29, 0.717) is 0 Å². The van der Waals surface area contributed by atoms with Crippen molar-refractivity contribution in [3.05, 3.63) is 29.8 Å². The molecule has 2 unspecified atom stereocenters. The van der Waals surface area contributed by atoms with E-state index in [4.69, 9.17) is 4.74 Å². The second-order valence-electron chi connectivity index (χ2n) is 5.77. The molecule has 0 spiro atoms. The van der Waals surface area contributed by atoms with Crippen LogP contribution in [0.4, 0.5) is 0 Å². The highest BCUT2D eigenvalue weighted by Gasteiger charge is 2.14. The van der Waals surface area contributed by atoms with Crippen LogP contribution in [0.2, 0.25) is 0 Å². The second-order valence-corrected chi connectivity index (χ2v) is 5.77. The van der Waals surface area contributed by atoms with Crippen LogP contribution >= 0.6 is 0 Å². The van der Waals surface area contributed by atoms with Gasteiger partial charge in [-0.2, -0.15) is 0 Å². The Kier molecular flexibility index (Phi) is 7.62. The molecule has 0 saturated carbocycles. The van der Waals surface area contributed by atoms with Crippen molar-refractivity contribution in [2.45, 2.75) is 59.3 Å². The molecule has 1 aromatic rings. The molecule has 0 amide bonds. The van der Waals surface area contributed by atoms with Crippen LogP contribution in [-0.4, -0.2) is 7.11 Å². The molecule has 0 fully saturated rings. The molecule has 0 aliphatic carbocycles. The van der Waals surface area contributed by atoms with Crippen molar-refractivity contribution in [2.75, 3.05) is 7.11 Å². The number of hydrogen-bond acceptors (Lipinski definition) is 1. The van der Waals surface area contributed by atoms with E-state index in [1.807, 2.05) is 6.07 Å². The first kappa shape index (κ1) is 16.1. The second kappa shape index (κ2) is 9.01. The number of rotatable bonds is 9. The van der Waals surface area contributed by atoms with Crippen LogP contribution in [0.5, 0.6) is 5.75 Å². The zero-order chi connectivity index (χ0) is 14.1. The van der Waals surface area contributed by atoms with E-state index in [1.54, 1.807) is 7.11 Å². The molecule has 0 radical (unpaired) electrons. The third kappa shape index (κ3) is 5.67. The SMILES string of the molecule is CCCCC(C)CC(CC)Cc1ccccc1OC. The average molecular weight is 262 g/mol. The van der Waals surface area contributed by atoms with Crippen LogP contribution in [0.3, 0.4) is 0 Å². The first-order valence-electron chi connectivity index (χ1n) is 7.83. The summed E-state index contributed by atoms with van der Waals surface area (Å²) in [5.41, 5.74) is 1.36. The fraction of sp³-hybridized carbons (Fsp3) is 0.667. The van der Waals surface area contributed by atoms with Gasteiger partial charge in [-0.1, -0.05) is 64.7 Å². The quantitative estimate of drug-likeness (QED) is 0.572. The maximum Gasteiger partial charge on any atom is 0.122 e. The Morgan fingerprint density at radius 2 is 1.89 bits per heavy atom.